The minimum Gasteiger partial charge on any atom is -0.335 e. The van der Waals surface area contributed by atoms with Gasteiger partial charge in [0.1, 0.15) is 0 Å². The molecule has 2 rings (SSSR count). The monoisotopic (exact) mass is 215 g/mol. The van der Waals surface area contributed by atoms with Gasteiger partial charge in [-0.2, -0.15) is 0 Å². The summed E-state index contributed by atoms with van der Waals surface area (Å²) in [6.45, 7) is 6.65. The standard InChI is InChI=1S/C14H17NO/c1-3-12-9-14(16)15(10-12)11(2)13-7-5-4-6-8-13/h3-8,11-12H,1,9-10H2,2H3/t11-,12-/m1/s1. The Kier molecular flexibility index (Phi) is 3.09. The van der Waals surface area contributed by atoms with Crippen LogP contribution in [0.1, 0.15) is 24.9 Å². The Morgan fingerprint density at radius 1 is 1.44 bits per heavy atom. The summed E-state index contributed by atoms with van der Waals surface area (Å²) in [5, 5.41) is 0. The molecule has 1 fully saturated rings. The van der Waals surface area contributed by atoms with Gasteiger partial charge >= 0.3 is 0 Å². The first-order valence-electron chi connectivity index (χ1n) is 5.69. The van der Waals surface area contributed by atoms with Crippen LogP contribution in [0.4, 0.5) is 0 Å². The summed E-state index contributed by atoms with van der Waals surface area (Å²) in [7, 11) is 0. The molecule has 16 heavy (non-hydrogen) atoms. The average Bonchev–Trinajstić information content (AvgIpc) is 2.71. The van der Waals surface area contributed by atoms with E-state index in [0.717, 1.165) is 6.54 Å². The van der Waals surface area contributed by atoms with Crippen molar-refractivity contribution in [2.75, 3.05) is 6.54 Å². The zero-order chi connectivity index (χ0) is 11.5. The third-order valence-electron chi connectivity index (χ3n) is 3.27. The fourth-order valence-electron chi connectivity index (χ4n) is 2.20. The summed E-state index contributed by atoms with van der Waals surface area (Å²) in [4.78, 5) is 13.8. The Morgan fingerprint density at radius 2 is 2.12 bits per heavy atom. The maximum Gasteiger partial charge on any atom is 0.223 e. The van der Waals surface area contributed by atoms with E-state index >= 15 is 0 Å². The number of hydrogen-bond acceptors (Lipinski definition) is 1. The number of hydrogen-bond donors (Lipinski definition) is 0. The lowest BCUT2D eigenvalue weighted by Gasteiger charge is -2.25. The molecular formula is C14H17NO. The van der Waals surface area contributed by atoms with Crippen molar-refractivity contribution in [3.63, 3.8) is 0 Å². The summed E-state index contributed by atoms with van der Waals surface area (Å²) < 4.78 is 0. The van der Waals surface area contributed by atoms with Crippen LogP contribution in [0.15, 0.2) is 43.0 Å². The van der Waals surface area contributed by atoms with Gasteiger partial charge in [0.25, 0.3) is 0 Å². The summed E-state index contributed by atoms with van der Waals surface area (Å²) in [6, 6.07) is 10.3. The summed E-state index contributed by atoms with van der Waals surface area (Å²) >= 11 is 0. The third kappa shape index (κ3) is 2.01. The first kappa shape index (κ1) is 10.9. The molecule has 1 aliphatic rings. The molecule has 1 amide bonds. The van der Waals surface area contributed by atoms with Crippen LogP contribution < -0.4 is 0 Å². The van der Waals surface area contributed by atoms with Gasteiger partial charge in [0.15, 0.2) is 0 Å². The maximum atomic E-state index is 11.8. The van der Waals surface area contributed by atoms with Gasteiger partial charge in [0, 0.05) is 18.9 Å². The van der Waals surface area contributed by atoms with Gasteiger partial charge in [-0.3, -0.25) is 4.79 Å². The predicted octanol–water partition coefficient (Wildman–Crippen LogP) is 2.78. The molecule has 0 aromatic heterocycles. The fourth-order valence-corrected chi connectivity index (χ4v) is 2.20. The Balaban J connectivity index is 2.14. The van der Waals surface area contributed by atoms with Crippen molar-refractivity contribution in [1.82, 2.24) is 4.90 Å². The predicted molar refractivity (Wildman–Crippen MR) is 64.9 cm³/mol. The first-order chi connectivity index (χ1) is 7.72. The lowest BCUT2D eigenvalue weighted by Crippen LogP contribution is -2.28. The molecule has 0 saturated carbocycles. The zero-order valence-electron chi connectivity index (χ0n) is 9.60. The van der Waals surface area contributed by atoms with Crippen molar-refractivity contribution in [3.05, 3.63) is 48.6 Å². The molecule has 0 radical (unpaired) electrons. The molecule has 2 heteroatoms. The number of carbonyl (C=O) groups is 1. The smallest absolute Gasteiger partial charge is 0.223 e. The van der Waals surface area contributed by atoms with Crippen molar-refractivity contribution in [1.29, 1.82) is 0 Å². The third-order valence-corrected chi connectivity index (χ3v) is 3.27. The van der Waals surface area contributed by atoms with Crippen molar-refractivity contribution < 1.29 is 4.79 Å². The Hall–Kier alpha value is -1.57. The van der Waals surface area contributed by atoms with Gasteiger partial charge in [-0.25, -0.2) is 0 Å². The van der Waals surface area contributed by atoms with E-state index in [9.17, 15) is 4.79 Å². The van der Waals surface area contributed by atoms with Crippen LogP contribution >= 0.6 is 0 Å². The second kappa shape index (κ2) is 4.52. The second-order valence-corrected chi connectivity index (χ2v) is 4.33. The van der Waals surface area contributed by atoms with Crippen LogP contribution in [-0.4, -0.2) is 17.4 Å². The van der Waals surface area contributed by atoms with E-state index in [0.29, 0.717) is 12.3 Å². The van der Waals surface area contributed by atoms with E-state index in [1.54, 1.807) is 0 Å². The zero-order valence-corrected chi connectivity index (χ0v) is 9.60. The summed E-state index contributed by atoms with van der Waals surface area (Å²) in [5.74, 6) is 0.555. The lowest BCUT2D eigenvalue weighted by molar-refractivity contribution is -0.129. The molecule has 0 bridgehead atoms. The summed E-state index contributed by atoms with van der Waals surface area (Å²) in [6.07, 6.45) is 2.50. The number of nitrogens with zero attached hydrogens (tertiary/aromatic N) is 1. The van der Waals surface area contributed by atoms with E-state index in [-0.39, 0.29) is 11.9 Å². The highest BCUT2D eigenvalue weighted by atomic mass is 16.2. The molecule has 0 N–H and O–H groups in total. The van der Waals surface area contributed by atoms with Crippen LogP contribution in [0.2, 0.25) is 0 Å². The molecule has 1 saturated heterocycles. The molecule has 0 spiro atoms. The van der Waals surface area contributed by atoms with Crippen LogP contribution in [0.3, 0.4) is 0 Å². The number of rotatable bonds is 3. The van der Waals surface area contributed by atoms with Gasteiger partial charge in [0.2, 0.25) is 5.91 Å². The molecule has 2 nitrogen and oxygen atoms in total. The Bertz CT molecular complexity index is 385. The van der Waals surface area contributed by atoms with Gasteiger partial charge < -0.3 is 4.90 Å². The average molecular weight is 215 g/mol. The normalized spacial score (nSPS) is 22.2. The van der Waals surface area contributed by atoms with E-state index in [4.69, 9.17) is 0 Å². The van der Waals surface area contributed by atoms with Gasteiger partial charge in [-0.05, 0) is 12.5 Å². The SMILES string of the molecule is C=C[C@@H]1CC(=O)N([C@H](C)c2ccccc2)C1. The molecule has 84 valence electrons. The Morgan fingerprint density at radius 3 is 2.69 bits per heavy atom. The van der Waals surface area contributed by atoms with E-state index in [2.05, 4.69) is 25.6 Å². The highest BCUT2D eigenvalue weighted by Gasteiger charge is 2.31. The number of carbonyl (C=O) groups excluding carboxylic acids is 1. The van der Waals surface area contributed by atoms with Gasteiger partial charge in [-0.1, -0.05) is 36.4 Å². The van der Waals surface area contributed by atoms with Crippen LogP contribution in [0.5, 0.6) is 0 Å². The Labute approximate surface area is 96.6 Å². The highest BCUT2D eigenvalue weighted by molar-refractivity contribution is 5.79. The number of amides is 1. The largest absolute Gasteiger partial charge is 0.335 e. The topological polar surface area (TPSA) is 20.3 Å². The number of likely N-dealkylation sites (tertiary alicyclic amines) is 1. The molecule has 1 aromatic carbocycles. The van der Waals surface area contributed by atoms with Gasteiger partial charge in [0.05, 0.1) is 6.04 Å². The molecule has 1 heterocycles. The van der Waals surface area contributed by atoms with Crippen molar-refractivity contribution in [3.8, 4) is 0 Å². The highest BCUT2D eigenvalue weighted by Crippen LogP contribution is 2.28. The number of benzene rings is 1. The van der Waals surface area contributed by atoms with Gasteiger partial charge in [-0.15, -0.1) is 6.58 Å². The molecule has 0 aliphatic carbocycles. The molecule has 1 aliphatic heterocycles. The lowest BCUT2D eigenvalue weighted by atomic mass is 10.1. The maximum absolute atomic E-state index is 11.8. The van der Waals surface area contributed by atoms with E-state index in [1.165, 1.54) is 5.56 Å². The van der Waals surface area contributed by atoms with Crippen molar-refractivity contribution in [2.24, 2.45) is 5.92 Å². The quantitative estimate of drug-likeness (QED) is 0.710. The molecular weight excluding hydrogens is 198 g/mol. The van der Waals surface area contributed by atoms with E-state index in [1.807, 2.05) is 29.2 Å². The minimum absolute atomic E-state index is 0.165. The first-order valence-corrected chi connectivity index (χ1v) is 5.69. The van der Waals surface area contributed by atoms with Crippen molar-refractivity contribution >= 4 is 5.91 Å². The van der Waals surface area contributed by atoms with Crippen molar-refractivity contribution in [2.45, 2.75) is 19.4 Å². The molecule has 0 unspecified atom stereocenters. The second-order valence-electron chi connectivity index (χ2n) is 4.33. The van der Waals surface area contributed by atoms with Crippen LogP contribution in [0, 0.1) is 5.92 Å². The molecule has 1 aromatic rings. The van der Waals surface area contributed by atoms with Crippen LogP contribution in [0.25, 0.3) is 0 Å². The summed E-state index contributed by atoms with van der Waals surface area (Å²) in [5.41, 5.74) is 1.19. The minimum atomic E-state index is 0.165. The van der Waals surface area contributed by atoms with Crippen LogP contribution in [-0.2, 0) is 4.79 Å². The fraction of sp³-hybridized carbons (Fsp3) is 0.357. The molecule has 2 atom stereocenters. The van der Waals surface area contributed by atoms with E-state index < -0.39 is 0 Å².